The highest BCUT2D eigenvalue weighted by Crippen LogP contribution is 2.38. The van der Waals surface area contributed by atoms with Gasteiger partial charge in [-0.05, 0) is 46.2 Å². The summed E-state index contributed by atoms with van der Waals surface area (Å²) in [6, 6.07) is 2.12. The Bertz CT molecular complexity index is 447. The first-order valence-electron chi connectivity index (χ1n) is 7.02. The summed E-state index contributed by atoms with van der Waals surface area (Å²) >= 11 is 3.36. The molecule has 4 heteroatoms. The van der Waals surface area contributed by atoms with E-state index in [1.165, 1.54) is 19.3 Å². The maximum absolute atomic E-state index is 12.2. The third kappa shape index (κ3) is 3.62. The predicted octanol–water partition coefficient (Wildman–Crippen LogP) is 4.11. The lowest BCUT2D eigenvalue weighted by atomic mass is 9.69. The van der Waals surface area contributed by atoms with Crippen molar-refractivity contribution in [2.24, 2.45) is 11.3 Å². The number of hydrogen-bond acceptors (Lipinski definition) is 1. The van der Waals surface area contributed by atoms with Gasteiger partial charge in [0, 0.05) is 16.7 Å². The molecule has 0 aromatic carbocycles. The average molecular weight is 327 g/mol. The van der Waals surface area contributed by atoms with Gasteiger partial charge in [0.15, 0.2) is 0 Å². The number of aromatic nitrogens is 1. The summed E-state index contributed by atoms with van der Waals surface area (Å²) in [7, 11) is 0. The van der Waals surface area contributed by atoms with Crippen LogP contribution in [0.3, 0.4) is 0 Å². The number of hydrogen-bond donors (Lipinski definition) is 2. The van der Waals surface area contributed by atoms with Crippen molar-refractivity contribution >= 4 is 21.8 Å². The first-order chi connectivity index (χ1) is 8.88. The number of amides is 1. The maximum atomic E-state index is 12.2. The molecule has 2 rings (SSSR count). The Kier molecular flexibility index (Phi) is 4.39. The van der Waals surface area contributed by atoms with Crippen molar-refractivity contribution in [1.82, 2.24) is 10.3 Å². The lowest BCUT2D eigenvalue weighted by Crippen LogP contribution is -2.46. The number of nitrogens with one attached hydrogen (secondary N) is 2. The molecule has 106 valence electrons. The van der Waals surface area contributed by atoms with E-state index in [-0.39, 0.29) is 11.3 Å². The normalized spacial score (nSPS) is 24.2. The lowest BCUT2D eigenvalue weighted by Gasteiger charge is -2.40. The van der Waals surface area contributed by atoms with Crippen LogP contribution < -0.4 is 5.32 Å². The predicted molar refractivity (Wildman–Crippen MR) is 81.2 cm³/mol. The summed E-state index contributed by atoms with van der Waals surface area (Å²) in [4.78, 5) is 15.2. The van der Waals surface area contributed by atoms with E-state index in [0.29, 0.717) is 17.7 Å². The van der Waals surface area contributed by atoms with Crippen molar-refractivity contribution in [1.29, 1.82) is 0 Å². The van der Waals surface area contributed by atoms with Crippen molar-refractivity contribution < 1.29 is 4.79 Å². The molecule has 1 aliphatic rings. The molecule has 0 spiro atoms. The molecule has 3 nitrogen and oxygen atoms in total. The summed E-state index contributed by atoms with van der Waals surface area (Å²) in [6.45, 7) is 6.81. The monoisotopic (exact) mass is 326 g/mol. The van der Waals surface area contributed by atoms with Crippen molar-refractivity contribution in [2.75, 3.05) is 0 Å². The van der Waals surface area contributed by atoms with E-state index in [1.54, 1.807) is 6.20 Å². The summed E-state index contributed by atoms with van der Waals surface area (Å²) in [5, 5.41) is 3.21. The van der Waals surface area contributed by atoms with E-state index in [1.807, 2.05) is 6.07 Å². The van der Waals surface area contributed by atoms with Gasteiger partial charge in [0.2, 0.25) is 0 Å². The van der Waals surface area contributed by atoms with Crippen LogP contribution in [0.5, 0.6) is 0 Å². The summed E-state index contributed by atoms with van der Waals surface area (Å²) in [5.74, 6) is 0.565. The van der Waals surface area contributed by atoms with E-state index < -0.39 is 0 Å². The van der Waals surface area contributed by atoms with Crippen LogP contribution in [0.15, 0.2) is 16.7 Å². The highest BCUT2D eigenvalue weighted by Gasteiger charge is 2.35. The number of carbonyl (C=O) groups is 1. The number of H-pyrrole nitrogens is 1. The zero-order valence-corrected chi connectivity index (χ0v) is 13.5. The second-order valence-corrected chi connectivity index (χ2v) is 7.48. The molecule has 1 fully saturated rings. The molecule has 1 aromatic heterocycles. The highest BCUT2D eigenvalue weighted by molar-refractivity contribution is 9.10. The molecule has 0 saturated heterocycles. The molecule has 2 atom stereocenters. The van der Waals surface area contributed by atoms with Gasteiger partial charge in [0.25, 0.3) is 5.91 Å². The Morgan fingerprint density at radius 3 is 2.63 bits per heavy atom. The van der Waals surface area contributed by atoms with Gasteiger partial charge in [0.1, 0.15) is 5.69 Å². The van der Waals surface area contributed by atoms with Crippen molar-refractivity contribution in [3.8, 4) is 0 Å². The van der Waals surface area contributed by atoms with Gasteiger partial charge in [-0.1, -0.05) is 33.6 Å². The second kappa shape index (κ2) is 5.70. The number of aromatic amines is 1. The molecule has 19 heavy (non-hydrogen) atoms. The Labute approximate surface area is 123 Å². The summed E-state index contributed by atoms with van der Waals surface area (Å²) < 4.78 is 0.911. The van der Waals surface area contributed by atoms with Crippen LogP contribution in [0.25, 0.3) is 0 Å². The fraction of sp³-hybridized carbons (Fsp3) is 0.667. The van der Waals surface area contributed by atoms with E-state index in [4.69, 9.17) is 0 Å². The number of carbonyl (C=O) groups excluding carboxylic acids is 1. The van der Waals surface area contributed by atoms with E-state index in [9.17, 15) is 4.79 Å². The maximum Gasteiger partial charge on any atom is 0.267 e. The summed E-state index contributed by atoms with van der Waals surface area (Å²) in [5.41, 5.74) is 0.874. The molecule has 2 N–H and O–H groups in total. The van der Waals surface area contributed by atoms with Crippen LogP contribution >= 0.6 is 15.9 Å². The fourth-order valence-electron chi connectivity index (χ4n) is 3.09. The molecular formula is C15H23BrN2O. The number of halogens is 1. The van der Waals surface area contributed by atoms with E-state index in [0.717, 1.165) is 10.9 Å². The average Bonchev–Trinajstić information content (AvgIpc) is 2.75. The minimum Gasteiger partial charge on any atom is -0.356 e. The highest BCUT2D eigenvalue weighted by atomic mass is 79.9. The molecule has 1 aliphatic carbocycles. The van der Waals surface area contributed by atoms with E-state index in [2.05, 4.69) is 47.0 Å². The zero-order chi connectivity index (χ0) is 14.0. The zero-order valence-electron chi connectivity index (χ0n) is 11.9. The first-order valence-corrected chi connectivity index (χ1v) is 7.82. The van der Waals surface area contributed by atoms with Crippen LogP contribution in [-0.2, 0) is 0 Å². The Morgan fingerprint density at radius 2 is 2.05 bits per heavy atom. The van der Waals surface area contributed by atoms with E-state index >= 15 is 0 Å². The Morgan fingerprint density at radius 1 is 1.37 bits per heavy atom. The molecule has 0 aliphatic heterocycles. The lowest BCUT2D eigenvalue weighted by molar-refractivity contribution is 0.0826. The van der Waals surface area contributed by atoms with Gasteiger partial charge >= 0.3 is 0 Å². The topological polar surface area (TPSA) is 44.9 Å². The van der Waals surface area contributed by atoms with Gasteiger partial charge in [0.05, 0.1) is 0 Å². The molecule has 2 unspecified atom stereocenters. The van der Waals surface area contributed by atoms with Crippen LogP contribution in [0, 0.1) is 11.3 Å². The third-order valence-corrected chi connectivity index (χ3v) is 4.55. The number of rotatable bonds is 2. The van der Waals surface area contributed by atoms with Crippen LogP contribution in [0.4, 0.5) is 0 Å². The Hall–Kier alpha value is -0.770. The van der Waals surface area contributed by atoms with Crippen LogP contribution in [-0.4, -0.2) is 16.9 Å². The SMILES string of the molecule is CC(C)(C)C1CCCCC1NC(=O)c1cc(Br)c[nH]1. The van der Waals surface area contributed by atoms with Gasteiger partial charge < -0.3 is 10.3 Å². The minimum absolute atomic E-state index is 0.00634. The molecule has 1 saturated carbocycles. The van der Waals surface area contributed by atoms with Gasteiger partial charge in [-0.2, -0.15) is 0 Å². The van der Waals surface area contributed by atoms with Gasteiger partial charge in [-0.25, -0.2) is 0 Å². The standard InChI is InChI=1S/C15H23BrN2O/c1-15(2,3)11-6-4-5-7-12(11)18-14(19)13-8-10(16)9-17-13/h8-9,11-12,17H,4-7H2,1-3H3,(H,18,19). The van der Waals surface area contributed by atoms with Crippen LogP contribution in [0.1, 0.15) is 56.9 Å². The van der Waals surface area contributed by atoms with Gasteiger partial charge in [-0.3, -0.25) is 4.79 Å². The first kappa shape index (κ1) is 14.6. The minimum atomic E-state index is 0.00634. The third-order valence-electron chi connectivity index (χ3n) is 4.09. The van der Waals surface area contributed by atoms with Crippen molar-refractivity contribution in [3.63, 3.8) is 0 Å². The summed E-state index contributed by atoms with van der Waals surface area (Å²) in [6.07, 6.45) is 6.59. The quantitative estimate of drug-likeness (QED) is 0.843. The Balaban J connectivity index is 2.05. The smallest absolute Gasteiger partial charge is 0.267 e. The molecular weight excluding hydrogens is 304 g/mol. The fourth-order valence-corrected chi connectivity index (χ4v) is 3.43. The molecule has 0 bridgehead atoms. The van der Waals surface area contributed by atoms with Crippen LogP contribution in [0.2, 0.25) is 0 Å². The largest absolute Gasteiger partial charge is 0.356 e. The molecule has 0 radical (unpaired) electrons. The molecule has 1 amide bonds. The molecule has 1 aromatic rings. The van der Waals surface area contributed by atoms with Crippen molar-refractivity contribution in [3.05, 3.63) is 22.4 Å². The van der Waals surface area contributed by atoms with Gasteiger partial charge in [-0.15, -0.1) is 0 Å². The second-order valence-electron chi connectivity index (χ2n) is 6.57. The van der Waals surface area contributed by atoms with Crippen molar-refractivity contribution in [2.45, 2.75) is 52.5 Å². The molecule has 1 heterocycles.